The normalized spacial score (nSPS) is 11.7. The lowest BCUT2D eigenvalue weighted by Crippen LogP contribution is -2.40. The molecule has 7 heteroatoms. The molecule has 2 rings (SSSR count). The van der Waals surface area contributed by atoms with E-state index in [0.717, 1.165) is 17.8 Å². The van der Waals surface area contributed by atoms with Crippen molar-refractivity contribution in [2.45, 2.75) is 32.7 Å². The van der Waals surface area contributed by atoms with Gasteiger partial charge < -0.3 is 5.32 Å². The number of amides is 2. The maximum atomic E-state index is 11.8. The number of hydrogen-bond donors (Lipinski definition) is 2. The van der Waals surface area contributed by atoms with Crippen LogP contribution in [0.25, 0.3) is 0 Å². The molecule has 2 aromatic rings. The van der Waals surface area contributed by atoms with Crippen molar-refractivity contribution in [1.82, 2.24) is 15.5 Å². The Balaban J connectivity index is 1.76. The van der Waals surface area contributed by atoms with Crippen molar-refractivity contribution in [3.63, 3.8) is 0 Å². The zero-order valence-corrected chi connectivity index (χ0v) is 13.3. The minimum atomic E-state index is -0.720. The van der Waals surface area contributed by atoms with E-state index in [1.807, 2.05) is 37.3 Å². The van der Waals surface area contributed by atoms with Crippen molar-refractivity contribution in [1.29, 1.82) is 0 Å². The minimum absolute atomic E-state index is 0.0883. The monoisotopic (exact) mass is 318 g/mol. The molecule has 0 spiro atoms. The average molecular weight is 318 g/mol. The Kier molecular flexibility index (Phi) is 5.60. The second-order valence-corrected chi connectivity index (χ2v) is 6.16. The van der Waals surface area contributed by atoms with Gasteiger partial charge in [-0.05, 0) is 32.3 Å². The van der Waals surface area contributed by atoms with Crippen LogP contribution in [0.4, 0.5) is 5.13 Å². The number of nitrogens with zero attached hydrogens (tertiary/aromatic N) is 2. The van der Waals surface area contributed by atoms with E-state index in [0.29, 0.717) is 5.13 Å². The van der Waals surface area contributed by atoms with Gasteiger partial charge in [0.15, 0.2) is 0 Å². The Bertz CT molecular complexity index is 642. The van der Waals surface area contributed by atoms with Gasteiger partial charge in [-0.3, -0.25) is 14.9 Å². The molecular weight excluding hydrogens is 300 g/mol. The van der Waals surface area contributed by atoms with Gasteiger partial charge in [-0.15, -0.1) is 10.2 Å². The lowest BCUT2D eigenvalue weighted by molar-refractivity contribution is -0.136. The van der Waals surface area contributed by atoms with Gasteiger partial charge in [0.25, 0.3) is 0 Å². The highest BCUT2D eigenvalue weighted by Gasteiger charge is 2.17. The number of benzene rings is 1. The molecule has 0 saturated carbocycles. The summed E-state index contributed by atoms with van der Waals surface area (Å²) in [5.74, 6) is -1.38. The summed E-state index contributed by atoms with van der Waals surface area (Å²) < 4.78 is 0. The molecule has 0 fully saturated rings. The van der Waals surface area contributed by atoms with Gasteiger partial charge in [0.1, 0.15) is 5.01 Å². The summed E-state index contributed by atoms with van der Waals surface area (Å²) in [7, 11) is 0. The third kappa shape index (κ3) is 4.92. The summed E-state index contributed by atoms with van der Waals surface area (Å²) in [5.41, 5.74) is 1.21. The van der Waals surface area contributed by atoms with Crippen molar-refractivity contribution in [2.24, 2.45) is 0 Å². The maximum Gasteiger partial charge on any atom is 0.315 e. The van der Waals surface area contributed by atoms with E-state index in [-0.39, 0.29) is 6.04 Å². The number of nitrogens with one attached hydrogen (secondary N) is 2. The van der Waals surface area contributed by atoms with Crippen LogP contribution in [0, 0.1) is 6.92 Å². The quantitative estimate of drug-likeness (QED) is 0.825. The van der Waals surface area contributed by atoms with Gasteiger partial charge in [0.2, 0.25) is 5.13 Å². The molecule has 1 aromatic carbocycles. The zero-order valence-electron chi connectivity index (χ0n) is 12.5. The first-order valence-corrected chi connectivity index (χ1v) is 7.82. The fourth-order valence-corrected chi connectivity index (χ4v) is 2.48. The molecule has 1 heterocycles. The van der Waals surface area contributed by atoms with Crippen LogP contribution < -0.4 is 10.6 Å². The van der Waals surface area contributed by atoms with Crippen LogP contribution in [0.2, 0.25) is 0 Å². The molecule has 6 nitrogen and oxygen atoms in total. The molecule has 0 bridgehead atoms. The average Bonchev–Trinajstić information content (AvgIpc) is 2.91. The van der Waals surface area contributed by atoms with E-state index in [2.05, 4.69) is 20.8 Å². The van der Waals surface area contributed by atoms with Gasteiger partial charge in [-0.1, -0.05) is 41.7 Å². The van der Waals surface area contributed by atoms with Crippen LogP contribution >= 0.6 is 11.3 Å². The van der Waals surface area contributed by atoms with Crippen LogP contribution in [0.5, 0.6) is 0 Å². The maximum absolute atomic E-state index is 11.8. The number of carbonyl (C=O) groups is 2. The molecule has 2 amide bonds. The van der Waals surface area contributed by atoms with Crippen LogP contribution in [0.15, 0.2) is 30.3 Å². The summed E-state index contributed by atoms with van der Waals surface area (Å²) in [5, 5.41) is 13.7. The fraction of sp³-hybridized carbons (Fsp3) is 0.333. The standard InChI is InChI=1S/C15H18N4O2S/c1-10(8-9-12-6-4-3-5-7-12)16-13(20)14(21)17-15-19-18-11(2)22-15/h3-7,10H,8-9H2,1-2H3,(H,16,20)(H,17,19,21)/t10-/m1/s1. The third-order valence-electron chi connectivity index (χ3n) is 3.04. The molecule has 0 radical (unpaired) electrons. The van der Waals surface area contributed by atoms with Crippen molar-refractivity contribution in [3.05, 3.63) is 40.9 Å². The van der Waals surface area contributed by atoms with E-state index in [4.69, 9.17) is 0 Å². The Morgan fingerprint density at radius 3 is 2.55 bits per heavy atom. The Morgan fingerprint density at radius 2 is 1.91 bits per heavy atom. The molecule has 0 aliphatic heterocycles. The first-order valence-electron chi connectivity index (χ1n) is 7.00. The molecule has 116 valence electrons. The SMILES string of the molecule is Cc1nnc(NC(=O)C(=O)N[C@H](C)CCc2ccccc2)s1. The van der Waals surface area contributed by atoms with Crippen molar-refractivity contribution < 1.29 is 9.59 Å². The summed E-state index contributed by atoms with van der Waals surface area (Å²) in [6, 6.07) is 9.92. The van der Waals surface area contributed by atoms with Gasteiger partial charge in [0, 0.05) is 6.04 Å². The highest BCUT2D eigenvalue weighted by molar-refractivity contribution is 7.15. The number of hydrogen-bond acceptors (Lipinski definition) is 5. The molecule has 0 saturated heterocycles. The summed E-state index contributed by atoms with van der Waals surface area (Å²) >= 11 is 1.23. The Labute approximate surface area is 133 Å². The van der Waals surface area contributed by atoms with E-state index < -0.39 is 11.8 Å². The van der Waals surface area contributed by atoms with E-state index in [1.54, 1.807) is 6.92 Å². The molecule has 1 aromatic heterocycles. The first kappa shape index (κ1) is 16.1. The third-order valence-corrected chi connectivity index (χ3v) is 3.79. The Hall–Kier alpha value is -2.28. The number of rotatable bonds is 5. The molecule has 0 unspecified atom stereocenters. The predicted octanol–water partition coefficient (Wildman–Crippen LogP) is 1.92. The number of aryl methyl sites for hydroxylation is 2. The number of carbonyl (C=O) groups excluding carboxylic acids is 2. The van der Waals surface area contributed by atoms with Crippen molar-refractivity contribution >= 4 is 28.3 Å². The molecular formula is C15H18N4O2S. The molecule has 0 aliphatic carbocycles. The van der Waals surface area contributed by atoms with Gasteiger partial charge in [0.05, 0.1) is 0 Å². The summed E-state index contributed by atoms with van der Waals surface area (Å²) in [6.45, 7) is 3.66. The smallest absolute Gasteiger partial charge is 0.315 e. The second-order valence-electron chi connectivity index (χ2n) is 4.98. The first-order chi connectivity index (χ1) is 10.5. The summed E-state index contributed by atoms with van der Waals surface area (Å²) in [6.07, 6.45) is 1.61. The molecule has 2 N–H and O–H groups in total. The van der Waals surface area contributed by atoms with E-state index in [9.17, 15) is 9.59 Å². The highest BCUT2D eigenvalue weighted by Crippen LogP contribution is 2.13. The van der Waals surface area contributed by atoms with Gasteiger partial charge in [-0.25, -0.2) is 0 Å². The van der Waals surface area contributed by atoms with Crippen molar-refractivity contribution in [2.75, 3.05) is 5.32 Å². The Morgan fingerprint density at radius 1 is 1.18 bits per heavy atom. The largest absolute Gasteiger partial charge is 0.345 e. The second kappa shape index (κ2) is 7.65. The predicted molar refractivity (Wildman–Crippen MR) is 85.6 cm³/mol. The lowest BCUT2D eigenvalue weighted by atomic mass is 10.1. The number of anilines is 1. The van der Waals surface area contributed by atoms with Crippen molar-refractivity contribution in [3.8, 4) is 0 Å². The molecule has 1 atom stereocenters. The van der Waals surface area contributed by atoms with Crippen LogP contribution in [0.1, 0.15) is 23.9 Å². The van der Waals surface area contributed by atoms with Crippen LogP contribution in [0.3, 0.4) is 0 Å². The van der Waals surface area contributed by atoms with Crippen LogP contribution in [-0.4, -0.2) is 28.1 Å². The number of aromatic nitrogens is 2. The summed E-state index contributed by atoms with van der Waals surface area (Å²) in [4.78, 5) is 23.6. The van der Waals surface area contributed by atoms with Gasteiger partial charge in [-0.2, -0.15) is 0 Å². The fourth-order valence-electron chi connectivity index (χ4n) is 1.89. The van der Waals surface area contributed by atoms with Gasteiger partial charge >= 0.3 is 11.8 Å². The zero-order chi connectivity index (χ0) is 15.9. The molecule has 22 heavy (non-hydrogen) atoms. The highest BCUT2D eigenvalue weighted by atomic mass is 32.1. The lowest BCUT2D eigenvalue weighted by Gasteiger charge is -2.13. The van der Waals surface area contributed by atoms with Crippen LogP contribution in [-0.2, 0) is 16.0 Å². The van der Waals surface area contributed by atoms with E-state index >= 15 is 0 Å². The topological polar surface area (TPSA) is 84.0 Å². The van der Waals surface area contributed by atoms with E-state index in [1.165, 1.54) is 16.9 Å². The molecule has 0 aliphatic rings. The minimum Gasteiger partial charge on any atom is -0.345 e.